The van der Waals surface area contributed by atoms with Gasteiger partial charge in [-0.05, 0) is 117 Å². The summed E-state index contributed by atoms with van der Waals surface area (Å²) in [7, 11) is 2.33. The van der Waals surface area contributed by atoms with E-state index in [1.165, 1.54) is 55.6 Å². The van der Waals surface area contributed by atoms with Crippen molar-refractivity contribution in [2.24, 2.45) is 5.73 Å². The third kappa shape index (κ3) is 6.84. The van der Waals surface area contributed by atoms with E-state index in [4.69, 9.17) is 5.73 Å². The van der Waals surface area contributed by atoms with Gasteiger partial charge in [-0.15, -0.1) is 0 Å². The van der Waals surface area contributed by atoms with E-state index < -0.39 is 5.44 Å². The van der Waals surface area contributed by atoms with Crippen LogP contribution in [0.2, 0.25) is 0 Å². The van der Waals surface area contributed by atoms with Gasteiger partial charge in [-0.3, -0.25) is 0 Å². The van der Waals surface area contributed by atoms with E-state index in [0.29, 0.717) is 0 Å². The van der Waals surface area contributed by atoms with Crippen molar-refractivity contribution in [3.05, 3.63) is 165 Å². The average Bonchev–Trinajstić information content (AvgIpc) is 3.02. The van der Waals surface area contributed by atoms with Gasteiger partial charge in [-0.2, -0.15) is 0 Å². The first-order valence-corrected chi connectivity index (χ1v) is 16.1. The molecule has 3 heteroatoms. The van der Waals surface area contributed by atoms with Gasteiger partial charge in [0.2, 0.25) is 0 Å². The first kappa shape index (κ1) is 31.4. The molecule has 0 saturated heterocycles. The number of nitrogens with two attached hydrogens (primary N) is 1. The molecule has 223 valence electrons. The fraction of sp³-hybridized carbons (Fsp3) is 0.268. The molecule has 2 aliphatic carbocycles. The molecule has 0 amide bonds. The molecule has 1 unspecified atom stereocenters. The lowest BCUT2D eigenvalue weighted by Crippen LogP contribution is -2.48. The summed E-state index contributed by atoms with van der Waals surface area (Å²) in [5.74, 6) is 0. The summed E-state index contributed by atoms with van der Waals surface area (Å²) in [6, 6.07) is 19.3. The van der Waals surface area contributed by atoms with E-state index in [2.05, 4.69) is 156 Å². The monoisotopic (exact) mass is 577 g/mol. The largest absolute Gasteiger partial charge is 0.355 e. The molecule has 3 N–H and O–H groups in total. The van der Waals surface area contributed by atoms with Gasteiger partial charge in [0.1, 0.15) is 0 Å². The second-order valence-corrected chi connectivity index (χ2v) is 12.1. The maximum Gasteiger partial charge on any atom is 0.190 e. The lowest BCUT2D eigenvalue weighted by atomic mass is 9.46. The Labute approximate surface area is 266 Å². The number of hydrogen-bond acceptors (Lipinski definition) is 2. The molecule has 0 saturated carbocycles. The van der Waals surface area contributed by atoms with Crippen LogP contribution in [0, 0.1) is 0 Å². The summed E-state index contributed by atoms with van der Waals surface area (Å²) in [5.41, 5.74) is 21.4. The maximum absolute atomic E-state index is 7.42. The van der Waals surface area contributed by atoms with Crippen LogP contribution in [0.5, 0.6) is 0 Å². The van der Waals surface area contributed by atoms with Gasteiger partial charge in [-0.25, -0.2) is 0 Å². The first-order chi connectivity index (χ1) is 21.4. The Hall–Kier alpha value is -4.08. The Balaban J connectivity index is 1.78. The minimum atomic E-state index is -0.731. The number of rotatable bonds is 6. The number of anilines is 1. The van der Waals surface area contributed by atoms with Crippen LogP contribution in [0.15, 0.2) is 153 Å². The number of allylic oxidation sites excluding steroid dienone is 12. The van der Waals surface area contributed by atoms with Crippen molar-refractivity contribution in [3.8, 4) is 0 Å². The summed E-state index contributed by atoms with van der Waals surface area (Å²) < 4.78 is 0. The van der Waals surface area contributed by atoms with Gasteiger partial charge < -0.3 is 11.1 Å². The standard InChI is InChI=1S/C41H46BN2/c1-6-17-32-21-16-25-41(43,38-24-15-12-18-29(38)4)42-40(36(32)8-3)30(5)37-28-34-20-14-13-19-33(34)26-31(7-2)27-39(37)44-35-22-10-9-11-23-35/h7-11,13-16,19-25,27-28,44H,6,12,17-18,26,43H2,1-5H3/b25-16-,31-7+,32-21-,36-8-,37-28-,39-27-,40-30-. The predicted octanol–water partition coefficient (Wildman–Crippen LogP) is 10.1. The number of benzene rings is 2. The minimum absolute atomic E-state index is 0.731. The molecule has 44 heavy (non-hydrogen) atoms. The Bertz CT molecular complexity index is 1670. The average molecular weight is 578 g/mol. The fourth-order valence-corrected chi connectivity index (χ4v) is 6.57. The van der Waals surface area contributed by atoms with E-state index in [9.17, 15) is 0 Å². The molecule has 2 aromatic rings. The molecule has 5 rings (SSSR count). The highest BCUT2D eigenvalue weighted by atomic mass is 14.9. The van der Waals surface area contributed by atoms with Crippen LogP contribution in [0.1, 0.15) is 71.4 Å². The number of hydrogen-bond donors (Lipinski definition) is 2. The molecule has 3 aliphatic rings. The fourth-order valence-electron chi connectivity index (χ4n) is 6.57. The van der Waals surface area contributed by atoms with Crippen LogP contribution in [0.4, 0.5) is 5.69 Å². The van der Waals surface area contributed by atoms with Crippen molar-refractivity contribution in [1.29, 1.82) is 0 Å². The zero-order valence-electron chi connectivity index (χ0n) is 27.1. The van der Waals surface area contributed by atoms with E-state index in [0.717, 1.165) is 43.5 Å². The van der Waals surface area contributed by atoms with Crippen LogP contribution < -0.4 is 11.1 Å². The molecule has 2 aromatic carbocycles. The Kier molecular flexibility index (Phi) is 10.1. The summed E-state index contributed by atoms with van der Waals surface area (Å²) in [6.45, 7) is 11.1. The lowest BCUT2D eigenvalue weighted by molar-refractivity contribution is 0.811. The van der Waals surface area contributed by atoms with Gasteiger partial charge in [0.25, 0.3) is 0 Å². The quantitative estimate of drug-likeness (QED) is 0.335. The zero-order chi connectivity index (χ0) is 31.1. The topological polar surface area (TPSA) is 38.0 Å². The summed E-state index contributed by atoms with van der Waals surface area (Å²) in [6.07, 6.45) is 25.4. The summed E-state index contributed by atoms with van der Waals surface area (Å²) >= 11 is 0. The SMILES string of the molecule is C/C=C1/C=C(Nc2ccccc2)/C(C(/C)=C2\[B]C(N)(C3=C(C)CCC=C3)\C=C/C=C(CCC)\C2=C\C)=C\c2ccccc2C1. The third-order valence-electron chi connectivity index (χ3n) is 8.99. The molecule has 1 heterocycles. The van der Waals surface area contributed by atoms with E-state index in [1.54, 1.807) is 0 Å². The van der Waals surface area contributed by atoms with Crippen molar-refractivity contribution >= 4 is 19.0 Å². The van der Waals surface area contributed by atoms with Crippen LogP contribution >= 0.6 is 0 Å². The maximum atomic E-state index is 7.42. The number of nitrogens with one attached hydrogen (secondary N) is 1. The lowest BCUT2D eigenvalue weighted by Gasteiger charge is -2.35. The Morgan fingerprint density at radius 1 is 1.02 bits per heavy atom. The molecule has 0 fully saturated rings. The molecule has 1 aliphatic heterocycles. The molecular weight excluding hydrogens is 531 g/mol. The van der Waals surface area contributed by atoms with Crippen LogP contribution in [-0.4, -0.2) is 12.7 Å². The van der Waals surface area contributed by atoms with Gasteiger partial charge in [0, 0.05) is 22.4 Å². The predicted molar refractivity (Wildman–Crippen MR) is 192 cm³/mol. The summed E-state index contributed by atoms with van der Waals surface area (Å²) in [5, 5.41) is 3.81. The minimum Gasteiger partial charge on any atom is -0.355 e. The highest BCUT2D eigenvalue weighted by Crippen LogP contribution is 2.38. The van der Waals surface area contributed by atoms with E-state index in [1.807, 2.05) is 0 Å². The smallest absolute Gasteiger partial charge is 0.190 e. The van der Waals surface area contributed by atoms with E-state index >= 15 is 0 Å². The van der Waals surface area contributed by atoms with Gasteiger partial charge in [-0.1, -0.05) is 109 Å². The molecule has 1 radical (unpaired) electrons. The molecule has 0 aromatic heterocycles. The third-order valence-corrected chi connectivity index (χ3v) is 8.99. The van der Waals surface area contributed by atoms with Crippen molar-refractivity contribution in [3.63, 3.8) is 0 Å². The molecular formula is C41H46BN2. The Morgan fingerprint density at radius 2 is 1.80 bits per heavy atom. The van der Waals surface area contributed by atoms with E-state index in [-0.39, 0.29) is 0 Å². The summed E-state index contributed by atoms with van der Waals surface area (Å²) in [4.78, 5) is 0. The van der Waals surface area contributed by atoms with Crippen LogP contribution in [0.25, 0.3) is 6.08 Å². The highest BCUT2D eigenvalue weighted by Gasteiger charge is 2.34. The van der Waals surface area contributed by atoms with Crippen LogP contribution in [0.3, 0.4) is 0 Å². The molecule has 1 atom stereocenters. The van der Waals surface area contributed by atoms with Crippen molar-refractivity contribution in [2.45, 2.75) is 72.2 Å². The zero-order valence-corrected chi connectivity index (χ0v) is 27.1. The normalized spacial score (nSPS) is 27.7. The molecule has 0 spiro atoms. The highest BCUT2D eigenvalue weighted by molar-refractivity contribution is 6.53. The molecule has 2 nitrogen and oxygen atoms in total. The first-order valence-electron chi connectivity index (χ1n) is 16.1. The second kappa shape index (κ2) is 14.1. The Morgan fingerprint density at radius 3 is 2.52 bits per heavy atom. The van der Waals surface area contributed by atoms with Crippen molar-refractivity contribution in [2.75, 3.05) is 5.32 Å². The number of para-hydroxylation sites is 1. The van der Waals surface area contributed by atoms with Gasteiger partial charge in [0.05, 0.1) is 0 Å². The molecule has 0 bridgehead atoms. The van der Waals surface area contributed by atoms with Crippen molar-refractivity contribution < 1.29 is 0 Å². The number of fused-ring (bicyclic) bond motifs is 1. The van der Waals surface area contributed by atoms with Crippen molar-refractivity contribution in [1.82, 2.24) is 0 Å². The second-order valence-electron chi connectivity index (χ2n) is 12.1. The van der Waals surface area contributed by atoms with Gasteiger partial charge >= 0.3 is 0 Å². The van der Waals surface area contributed by atoms with Gasteiger partial charge in [0.15, 0.2) is 7.28 Å². The van der Waals surface area contributed by atoms with Crippen LogP contribution in [-0.2, 0) is 6.42 Å².